The monoisotopic (exact) mass is 236 g/mol. The van der Waals surface area contributed by atoms with Crippen molar-refractivity contribution in [2.24, 2.45) is 11.7 Å². The quantitative estimate of drug-likeness (QED) is 0.615. The molecular weight excluding hydrogens is 220 g/mol. The van der Waals surface area contributed by atoms with Crippen LogP contribution in [0.15, 0.2) is 18.3 Å². The molecule has 2 atom stereocenters. The lowest BCUT2D eigenvalue weighted by atomic mass is 9.94. The summed E-state index contributed by atoms with van der Waals surface area (Å²) in [5, 5.41) is 10.9. The van der Waals surface area contributed by atoms with E-state index in [0.717, 1.165) is 13.0 Å². The Morgan fingerprint density at radius 1 is 1.65 bits per heavy atom. The summed E-state index contributed by atoms with van der Waals surface area (Å²) < 4.78 is 0. The van der Waals surface area contributed by atoms with Crippen molar-refractivity contribution in [2.45, 2.75) is 19.4 Å². The summed E-state index contributed by atoms with van der Waals surface area (Å²) in [6.07, 6.45) is 2.39. The molecule has 0 bridgehead atoms. The van der Waals surface area contributed by atoms with Crippen LogP contribution in [0.4, 0.5) is 11.5 Å². The van der Waals surface area contributed by atoms with Gasteiger partial charge in [0, 0.05) is 19.1 Å². The third-order valence-electron chi connectivity index (χ3n) is 3.30. The van der Waals surface area contributed by atoms with E-state index in [1.165, 1.54) is 6.20 Å². The van der Waals surface area contributed by atoms with Gasteiger partial charge in [-0.15, -0.1) is 0 Å². The molecule has 1 aromatic rings. The number of hydrogen-bond acceptors (Lipinski definition) is 5. The molecule has 1 fully saturated rings. The number of nitrogens with two attached hydrogens (primary N) is 1. The van der Waals surface area contributed by atoms with Crippen molar-refractivity contribution >= 4 is 11.5 Å². The topological polar surface area (TPSA) is 85.3 Å². The summed E-state index contributed by atoms with van der Waals surface area (Å²) in [5.74, 6) is 0.372. The lowest BCUT2D eigenvalue weighted by Crippen LogP contribution is -2.47. The highest BCUT2D eigenvalue weighted by Crippen LogP contribution is 2.28. The van der Waals surface area contributed by atoms with Gasteiger partial charge in [-0.3, -0.25) is 0 Å². The SMILES string of the molecule is CC1CCN(c2cccnc2[N+](=O)[O-])CC1N. The molecule has 17 heavy (non-hydrogen) atoms. The first kappa shape index (κ1) is 11.8. The molecule has 1 aliphatic rings. The molecule has 6 nitrogen and oxygen atoms in total. The zero-order chi connectivity index (χ0) is 12.4. The first-order chi connectivity index (χ1) is 8.09. The molecule has 0 radical (unpaired) electrons. The molecule has 92 valence electrons. The maximum absolute atomic E-state index is 10.9. The summed E-state index contributed by atoms with van der Waals surface area (Å²) in [5.41, 5.74) is 6.57. The van der Waals surface area contributed by atoms with Crippen LogP contribution in [0.1, 0.15) is 13.3 Å². The summed E-state index contributed by atoms with van der Waals surface area (Å²) in [7, 11) is 0. The fourth-order valence-corrected chi connectivity index (χ4v) is 2.09. The zero-order valence-electron chi connectivity index (χ0n) is 9.74. The number of rotatable bonds is 2. The number of hydrogen-bond donors (Lipinski definition) is 1. The molecule has 1 aromatic heterocycles. The molecule has 1 aliphatic heterocycles. The van der Waals surface area contributed by atoms with Crippen molar-refractivity contribution in [3.8, 4) is 0 Å². The Hall–Kier alpha value is -1.69. The molecule has 2 unspecified atom stereocenters. The molecule has 2 rings (SSSR count). The van der Waals surface area contributed by atoms with Crippen LogP contribution in [0, 0.1) is 16.0 Å². The van der Waals surface area contributed by atoms with Crippen molar-refractivity contribution in [3.05, 3.63) is 28.4 Å². The van der Waals surface area contributed by atoms with Gasteiger partial charge in [0.15, 0.2) is 0 Å². The number of nitro groups is 1. The van der Waals surface area contributed by atoms with Gasteiger partial charge in [0.2, 0.25) is 0 Å². The molecule has 6 heteroatoms. The molecule has 0 aromatic carbocycles. The Bertz CT molecular complexity index is 424. The van der Waals surface area contributed by atoms with E-state index in [4.69, 9.17) is 5.73 Å². The van der Waals surface area contributed by atoms with E-state index in [2.05, 4.69) is 11.9 Å². The number of pyridine rings is 1. The van der Waals surface area contributed by atoms with Crippen LogP contribution in [0.3, 0.4) is 0 Å². The van der Waals surface area contributed by atoms with Gasteiger partial charge in [0.05, 0.1) is 0 Å². The number of anilines is 1. The minimum absolute atomic E-state index is 0.0589. The van der Waals surface area contributed by atoms with Gasteiger partial charge < -0.3 is 20.7 Å². The number of aromatic nitrogens is 1. The summed E-state index contributed by atoms with van der Waals surface area (Å²) >= 11 is 0. The van der Waals surface area contributed by atoms with Crippen LogP contribution in [0.5, 0.6) is 0 Å². The van der Waals surface area contributed by atoms with E-state index in [0.29, 0.717) is 18.2 Å². The first-order valence-corrected chi connectivity index (χ1v) is 5.69. The van der Waals surface area contributed by atoms with Gasteiger partial charge in [-0.2, -0.15) is 0 Å². The Labute approximate surface area is 99.6 Å². The molecule has 0 saturated carbocycles. The van der Waals surface area contributed by atoms with Crippen LogP contribution in [0.2, 0.25) is 0 Å². The summed E-state index contributed by atoms with van der Waals surface area (Å²) in [4.78, 5) is 16.2. The normalized spacial score (nSPS) is 24.7. The lowest BCUT2D eigenvalue weighted by Gasteiger charge is -2.35. The standard InChI is InChI=1S/C11H16N4O2/c1-8-4-6-14(7-9(8)12)10-3-2-5-13-11(10)15(16)17/h2-3,5,8-9H,4,6-7,12H2,1H3. The van der Waals surface area contributed by atoms with E-state index in [-0.39, 0.29) is 11.9 Å². The van der Waals surface area contributed by atoms with E-state index in [1.54, 1.807) is 12.1 Å². The van der Waals surface area contributed by atoms with Crippen molar-refractivity contribution in [1.82, 2.24) is 4.98 Å². The lowest BCUT2D eigenvalue weighted by molar-refractivity contribution is -0.388. The van der Waals surface area contributed by atoms with Gasteiger partial charge in [-0.1, -0.05) is 6.92 Å². The largest absolute Gasteiger partial charge is 0.387 e. The Morgan fingerprint density at radius 2 is 2.41 bits per heavy atom. The molecule has 1 saturated heterocycles. The van der Waals surface area contributed by atoms with Crippen molar-refractivity contribution in [3.63, 3.8) is 0 Å². The highest BCUT2D eigenvalue weighted by molar-refractivity contribution is 5.59. The van der Waals surface area contributed by atoms with E-state index < -0.39 is 4.92 Å². The van der Waals surface area contributed by atoms with Gasteiger partial charge >= 0.3 is 5.82 Å². The minimum atomic E-state index is -0.446. The second kappa shape index (κ2) is 4.67. The fourth-order valence-electron chi connectivity index (χ4n) is 2.09. The maximum atomic E-state index is 10.9. The second-order valence-corrected chi connectivity index (χ2v) is 4.48. The average Bonchev–Trinajstić information content (AvgIpc) is 2.32. The number of piperidine rings is 1. The Kier molecular flexibility index (Phi) is 3.23. The van der Waals surface area contributed by atoms with Crippen LogP contribution in [0.25, 0.3) is 0 Å². The second-order valence-electron chi connectivity index (χ2n) is 4.48. The van der Waals surface area contributed by atoms with Crippen LogP contribution >= 0.6 is 0 Å². The molecule has 2 N–H and O–H groups in total. The van der Waals surface area contributed by atoms with Crippen LogP contribution < -0.4 is 10.6 Å². The smallest absolute Gasteiger partial charge is 0.363 e. The Morgan fingerprint density at radius 3 is 3.06 bits per heavy atom. The third kappa shape index (κ3) is 2.36. The average molecular weight is 236 g/mol. The van der Waals surface area contributed by atoms with E-state index in [1.807, 2.05) is 4.90 Å². The summed E-state index contributed by atoms with van der Waals surface area (Å²) in [6.45, 7) is 3.55. The number of nitrogens with zero attached hydrogens (tertiary/aromatic N) is 3. The zero-order valence-corrected chi connectivity index (χ0v) is 9.74. The van der Waals surface area contributed by atoms with Gasteiger partial charge in [-0.25, -0.2) is 0 Å². The Balaban J connectivity index is 2.25. The molecular formula is C11H16N4O2. The van der Waals surface area contributed by atoms with Gasteiger partial charge in [-0.05, 0) is 34.4 Å². The predicted molar refractivity (Wildman–Crippen MR) is 64.9 cm³/mol. The molecule has 2 heterocycles. The van der Waals surface area contributed by atoms with Crippen LogP contribution in [-0.4, -0.2) is 29.0 Å². The van der Waals surface area contributed by atoms with Gasteiger partial charge in [0.25, 0.3) is 0 Å². The van der Waals surface area contributed by atoms with Crippen molar-refractivity contribution in [1.29, 1.82) is 0 Å². The van der Waals surface area contributed by atoms with Crippen molar-refractivity contribution in [2.75, 3.05) is 18.0 Å². The van der Waals surface area contributed by atoms with Crippen LogP contribution in [-0.2, 0) is 0 Å². The molecule has 0 aliphatic carbocycles. The highest BCUT2D eigenvalue weighted by Gasteiger charge is 2.27. The fraction of sp³-hybridized carbons (Fsp3) is 0.545. The molecule has 0 spiro atoms. The van der Waals surface area contributed by atoms with E-state index in [9.17, 15) is 10.1 Å². The minimum Gasteiger partial charge on any atom is -0.363 e. The summed E-state index contributed by atoms with van der Waals surface area (Å²) in [6, 6.07) is 3.50. The van der Waals surface area contributed by atoms with Crippen molar-refractivity contribution < 1.29 is 4.92 Å². The predicted octanol–water partition coefficient (Wildman–Crippen LogP) is 1.16. The van der Waals surface area contributed by atoms with E-state index >= 15 is 0 Å². The first-order valence-electron chi connectivity index (χ1n) is 5.69. The molecule has 0 amide bonds. The third-order valence-corrected chi connectivity index (χ3v) is 3.30. The highest BCUT2D eigenvalue weighted by atomic mass is 16.6. The maximum Gasteiger partial charge on any atom is 0.387 e. The van der Waals surface area contributed by atoms with Gasteiger partial charge in [0.1, 0.15) is 11.9 Å².